The van der Waals surface area contributed by atoms with E-state index in [1.165, 1.54) is 18.4 Å². The molecule has 0 aliphatic heterocycles. The van der Waals surface area contributed by atoms with Crippen molar-refractivity contribution in [1.29, 1.82) is 0 Å². The quantitative estimate of drug-likeness (QED) is 0.818. The second-order valence-electron chi connectivity index (χ2n) is 6.09. The molecule has 134 valence electrons. The van der Waals surface area contributed by atoms with Crippen molar-refractivity contribution in [2.45, 2.75) is 40.3 Å². The number of thiazole rings is 1. The molecule has 2 rings (SSSR count). The van der Waals surface area contributed by atoms with Crippen LogP contribution in [0.2, 0.25) is 0 Å². The number of urea groups is 1. The van der Waals surface area contributed by atoms with Gasteiger partial charge < -0.3 is 15.0 Å². The molecule has 1 aromatic heterocycles. The lowest BCUT2D eigenvalue weighted by Crippen LogP contribution is -2.39. The lowest BCUT2D eigenvalue weighted by atomic mass is 10.1. The largest absolute Gasteiger partial charge is 0.464 e. The molecular formula is C18H23N3O3S. The average Bonchev–Trinajstić information content (AvgIpc) is 3.02. The monoisotopic (exact) mass is 361 g/mol. The molecule has 0 aliphatic carbocycles. The molecule has 0 aliphatic rings. The summed E-state index contributed by atoms with van der Waals surface area (Å²) in [4.78, 5) is 30.1. The maximum Gasteiger partial charge on any atom is 0.357 e. The van der Waals surface area contributed by atoms with Crippen molar-refractivity contribution < 1.29 is 14.3 Å². The molecule has 2 aromatic rings. The number of esters is 1. The molecule has 7 heteroatoms. The van der Waals surface area contributed by atoms with Crippen LogP contribution in [0.15, 0.2) is 23.6 Å². The summed E-state index contributed by atoms with van der Waals surface area (Å²) in [5.74, 6) is -0.474. The van der Waals surface area contributed by atoms with E-state index in [0.29, 0.717) is 11.6 Å². The van der Waals surface area contributed by atoms with E-state index in [1.54, 1.807) is 10.3 Å². The third-order valence-corrected chi connectivity index (χ3v) is 4.59. The van der Waals surface area contributed by atoms with Crippen molar-refractivity contribution in [3.63, 3.8) is 0 Å². The van der Waals surface area contributed by atoms with Crippen LogP contribution < -0.4 is 5.32 Å². The van der Waals surface area contributed by atoms with Crippen LogP contribution in [-0.4, -0.2) is 35.0 Å². The lowest BCUT2D eigenvalue weighted by Gasteiger charge is -2.26. The number of carbonyl (C=O) groups is 2. The minimum Gasteiger partial charge on any atom is -0.464 e. The Kier molecular flexibility index (Phi) is 6.14. The molecule has 6 nitrogen and oxygen atoms in total. The zero-order valence-electron chi connectivity index (χ0n) is 15.1. The number of hydrogen-bond donors (Lipinski definition) is 1. The van der Waals surface area contributed by atoms with Crippen LogP contribution in [0.1, 0.15) is 40.5 Å². The van der Waals surface area contributed by atoms with Crippen molar-refractivity contribution in [3.8, 4) is 0 Å². The van der Waals surface area contributed by atoms with Crippen molar-refractivity contribution in [2.24, 2.45) is 0 Å². The van der Waals surface area contributed by atoms with Crippen molar-refractivity contribution in [3.05, 3.63) is 45.4 Å². The highest BCUT2D eigenvalue weighted by atomic mass is 32.1. The van der Waals surface area contributed by atoms with E-state index in [-0.39, 0.29) is 17.8 Å². The van der Waals surface area contributed by atoms with Crippen LogP contribution in [-0.2, 0) is 11.3 Å². The summed E-state index contributed by atoms with van der Waals surface area (Å²) in [6.07, 6.45) is 0. The molecule has 0 spiro atoms. The summed E-state index contributed by atoms with van der Waals surface area (Å²) in [5, 5.41) is 5.28. The standard InChI is InChI=1S/C18H23N3O3S/c1-11(2)21(9-16-19-15(10-25-16)17(22)24-5)18(23)20-14-7-6-12(3)8-13(14)4/h6-8,10-11H,9H2,1-5H3,(H,20,23). The van der Waals surface area contributed by atoms with Gasteiger partial charge in [0.15, 0.2) is 5.69 Å². The number of anilines is 1. The fourth-order valence-corrected chi connectivity index (χ4v) is 3.12. The molecule has 0 radical (unpaired) electrons. The average molecular weight is 361 g/mol. The summed E-state index contributed by atoms with van der Waals surface area (Å²) in [6.45, 7) is 8.19. The Morgan fingerprint density at radius 1 is 1.32 bits per heavy atom. The number of benzene rings is 1. The van der Waals surface area contributed by atoms with E-state index in [9.17, 15) is 9.59 Å². The number of hydrogen-bond acceptors (Lipinski definition) is 5. The summed E-state index contributed by atoms with van der Waals surface area (Å²) in [7, 11) is 1.32. The topological polar surface area (TPSA) is 71.5 Å². The Labute approximate surface area is 151 Å². The second-order valence-corrected chi connectivity index (χ2v) is 7.03. The molecule has 0 bridgehead atoms. The minimum absolute atomic E-state index is 0.0174. The van der Waals surface area contributed by atoms with Crippen LogP contribution in [0.4, 0.5) is 10.5 Å². The van der Waals surface area contributed by atoms with Crippen LogP contribution in [0.25, 0.3) is 0 Å². The summed E-state index contributed by atoms with van der Waals surface area (Å²) in [5.41, 5.74) is 3.21. The second kappa shape index (κ2) is 8.11. The Hall–Kier alpha value is -2.41. The number of carbonyl (C=O) groups excluding carboxylic acids is 2. The SMILES string of the molecule is COC(=O)c1csc(CN(C(=O)Nc2ccc(C)cc2C)C(C)C)n1. The molecule has 0 atom stereocenters. The molecule has 1 aromatic carbocycles. The first-order valence-electron chi connectivity index (χ1n) is 7.99. The highest BCUT2D eigenvalue weighted by Crippen LogP contribution is 2.19. The predicted octanol–water partition coefficient (Wildman–Crippen LogP) is 3.99. The third kappa shape index (κ3) is 4.79. The number of rotatable bonds is 5. The Balaban J connectivity index is 2.13. The Morgan fingerprint density at radius 3 is 2.64 bits per heavy atom. The first kappa shape index (κ1) is 18.9. The molecule has 0 saturated heterocycles. The van der Waals surface area contributed by atoms with E-state index in [0.717, 1.165) is 16.8 Å². The molecule has 1 heterocycles. The van der Waals surface area contributed by atoms with Gasteiger partial charge in [-0.2, -0.15) is 0 Å². The van der Waals surface area contributed by atoms with Crippen LogP contribution in [0, 0.1) is 13.8 Å². The summed E-state index contributed by atoms with van der Waals surface area (Å²) >= 11 is 1.33. The maximum atomic E-state index is 12.7. The van der Waals surface area contributed by atoms with Gasteiger partial charge in [0.05, 0.1) is 13.7 Å². The highest BCUT2D eigenvalue weighted by Gasteiger charge is 2.20. The molecule has 0 fully saturated rings. The normalized spacial score (nSPS) is 10.6. The third-order valence-electron chi connectivity index (χ3n) is 3.76. The van der Waals surface area contributed by atoms with Gasteiger partial charge in [0, 0.05) is 17.1 Å². The van der Waals surface area contributed by atoms with E-state index in [4.69, 9.17) is 0 Å². The molecule has 25 heavy (non-hydrogen) atoms. The van der Waals surface area contributed by atoms with E-state index < -0.39 is 5.97 Å². The van der Waals surface area contributed by atoms with Crippen LogP contribution in [0.3, 0.4) is 0 Å². The lowest BCUT2D eigenvalue weighted by molar-refractivity contribution is 0.0594. The van der Waals surface area contributed by atoms with Gasteiger partial charge in [-0.05, 0) is 39.3 Å². The van der Waals surface area contributed by atoms with Gasteiger partial charge in [-0.3, -0.25) is 0 Å². The number of ether oxygens (including phenoxy) is 1. The van der Waals surface area contributed by atoms with Gasteiger partial charge in [-0.1, -0.05) is 17.7 Å². The molecule has 0 unspecified atom stereocenters. The fourth-order valence-electron chi connectivity index (χ4n) is 2.36. The van der Waals surface area contributed by atoms with Gasteiger partial charge in [-0.25, -0.2) is 14.6 Å². The Morgan fingerprint density at radius 2 is 2.04 bits per heavy atom. The van der Waals surface area contributed by atoms with Crippen molar-refractivity contribution in [1.82, 2.24) is 9.88 Å². The van der Waals surface area contributed by atoms with E-state index >= 15 is 0 Å². The summed E-state index contributed by atoms with van der Waals surface area (Å²) in [6, 6.07) is 5.68. The number of amides is 2. The molecule has 2 amide bonds. The van der Waals surface area contributed by atoms with Crippen molar-refractivity contribution >= 4 is 29.0 Å². The maximum absolute atomic E-state index is 12.7. The molecule has 1 N–H and O–H groups in total. The number of nitrogens with zero attached hydrogens (tertiary/aromatic N) is 2. The predicted molar refractivity (Wildman–Crippen MR) is 99.1 cm³/mol. The number of aryl methyl sites for hydroxylation is 2. The van der Waals surface area contributed by atoms with E-state index in [2.05, 4.69) is 15.0 Å². The van der Waals surface area contributed by atoms with Gasteiger partial charge in [-0.15, -0.1) is 11.3 Å². The minimum atomic E-state index is -0.474. The fraction of sp³-hybridized carbons (Fsp3) is 0.389. The number of aromatic nitrogens is 1. The van der Waals surface area contributed by atoms with E-state index in [1.807, 2.05) is 45.9 Å². The van der Waals surface area contributed by atoms with Crippen molar-refractivity contribution in [2.75, 3.05) is 12.4 Å². The summed E-state index contributed by atoms with van der Waals surface area (Å²) < 4.78 is 4.66. The highest BCUT2D eigenvalue weighted by molar-refractivity contribution is 7.09. The zero-order valence-corrected chi connectivity index (χ0v) is 15.9. The van der Waals surface area contributed by atoms with Gasteiger partial charge >= 0.3 is 12.0 Å². The van der Waals surface area contributed by atoms with Crippen LogP contribution in [0.5, 0.6) is 0 Å². The molecule has 0 saturated carbocycles. The Bertz CT molecular complexity index is 771. The number of nitrogens with one attached hydrogen (secondary N) is 1. The zero-order chi connectivity index (χ0) is 18.6. The number of methoxy groups -OCH3 is 1. The van der Waals surface area contributed by atoms with Gasteiger partial charge in [0.25, 0.3) is 0 Å². The molecular weight excluding hydrogens is 338 g/mol. The van der Waals surface area contributed by atoms with Gasteiger partial charge in [0.1, 0.15) is 5.01 Å². The van der Waals surface area contributed by atoms with Crippen LogP contribution >= 0.6 is 11.3 Å². The first-order valence-corrected chi connectivity index (χ1v) is 8.87. The smallest absolute Gasteiger partial charge is 0.357 e. The van der Waals surface area contributed by atoms with Gasteiger partial charge in [0.2, 0.25) is 0 Å². The first-order chi connectivity index (χ1) is 11.8.